The topological polar surface area (TPSA) is 34.2 Å². The quantitative estimate of drug-likeness (QED) is 0.259. The van der Waals surface area contributed by atoms with Gasteiger partial charge in [-0.15, -0.1) is 0 Å². The van der Waals surface area contributed by atoms with Gasteiger partial charge in [0.2, 0.25) is 0 Å². The molecule has 5 nitrogen and oxygen atoms in total. The fraction of sp³-hybridized carbons (Fsp3) is 0.571. The van der Waals surface area contributed by atoms with Crippen LogP contribution in [0.4, 0.5) is 26.3 Å². The first-order valence-corrected chi connectivity index (χ1v) is 14.2. The molecule has 41 heavy (non-hydrogen) atoms. The summed E-state index contributed by atoms with van der Waals surface area (Å²) >= 11 is 11.8. The molecule has 2 fully saturated rings. The Labute approximate surface area is 245 Å². The summed E-state index contributed by atoms with van der Waals surface area (Å²) in [5, 5.41) is 1.03. The predicted molar refractivity (Wildman–Crippen MR) is 144 cm³/mol. The molecule has 0 aliphatic carbocycles. The molecule has 2 aromatic rings. The molecule has 2 aliphatic heterocycles. The van der Waals surface area contributed by atoms with E-state index in [1.165, 1.54) is 9.80 Å². The molecule has 4 atom stereocenters. The molecule has 4 rings (SSSR count). The Morgan fingerprint density at radius 3 is 1.37 bits per heavy atom. The van der Waals surface area contributed by atoms with Crippen LogP contribution in [0.15, 0.2) is 48.5 Å². The molecule has 0 saturated carbocycles. The normalized spacial score (nSPS) is 22.7. The monoisotopic (exact) mass is 628 g/mol. The Bertz CT molecular complexity index is 1000. The van der Waals surface area contributed by atoms with Gasteiger partial charge in [0, 0.05) is 36.2 Å². The first-order chi connectivity index (χ1) is 19.3. The lowest BCUT2D eigenvalue weighted by molar-refractivity contribution is -0.291. The number of hydrogen-bond donors (Lipinski definition) is 0. The summed E-state index contributed by atoms with van der Waals surface area (Å²) in [5.41, 5.74) is 0. The number of alkyl halides is 6. The van der Waals surface area contributed by atoms with Crippen molar-refractivity contribution < 1.29 is 40.6 Å². The molecule has 2 aromatic carbocycles. The highest BCUT2D eigenvalue weighted by atomic mass is 35.5. The Hall–Kier alpha value is -1.92. The molecule has 228 valence electrons. The van der Waals surface area contributed by atoms with E-state index in [-0.39, 0.29) is 13.1 Å². The second-order valence-corrected chi connectivity index (χ2v) is 11.3. The van der Waals surface area contributed by atoms with Gasteiger partial charge in [0.05, 0.1) is 0 Å². The number of hydrogen-bond acceptors (Lipinski definition) is 5. The van der Waals surface area contributed by atoms with Crippen LogP contribution in [-0.4, -0.2) is 85.8 Å². The van der Waals surface area contributed by atoms with Gasteiger partial charge < -0.3 is 14.2 Å². The minimum atomic E-state index is -4.99. The molecule has 0 unspecified atom stereocenters. The zero-order chi connectivity index (χ0) is 29.6. The van der Waals surface area contributed by atoms with Gasteiger partial charge in [0.15, 0.2) is 12.2 Å². The van der Waals surface area contributed by atoms with Crippen LogP contribution in [0.5, 0.6) is 11.5 Å². The van der Waals surface area contributed by atoms with Gasteiger partial charge in [-0.05, 0) is 87.3 Å². The van der Waals surface area contributed by atoms with Crippen LogP contribution in [-0.2, 0) is 4.74 Å². The van der Waals surface area contributed by atoms with Crippen molar-refractivity contribution in [2.24, 2.45) is 0 Å². The largest absolute Gasteiger partial charge is 0.489 e. The van der Waals surface area contributed by atoms with Crippen LogP contribution in [0.3, 0.4) is 0 Å². The summed E-state index contributed by atoms with van der Waals surface area (Å²) in [6, 6.07) is 13.2. The third-order valence-corrected chi connectivity index (χ3v) is 7.57. The van der Waals surface area contributed by atoms with Crippen LogP contribution in [0.2, 0.25) is 10.0 Å². The van der Waals surface area contributed by atoms with Gasteiger partial charge in [-0.3, -0.25) is 9.80 Å². The van der Waals surface area contributed by atoms with Crippen molar-refractivity contribution in [3.05, 3.63) is 58.6 Å². The van der Waals surface area contributed by atoms with E-state index >= 15 is 0 Å². The maximum atomic E-state index is 14.0. The van der Waals surface area contributed by atoms with Crippen LogP contribution < -0.4 is 9.47 Å². The average molecular weight is 629 g/mol. The summed E-state index contributed by atoms with van der Waals surface area (Å²) in [4.78, 5) is 2.90. The highest BCUT2D eigenvalue weighted by Crippen LogP contribution is 2.32. The molecule has 0 radical (unpaired) electrons. The summed E-state index contributed by atoms with van der Waals surface area (Å²) < 4.78 is 101. The molecule has 2 aliphatic rings. The number of rotatable bonds is 10. The molecule has 2 heterocycles. The fourth-order valence-corrected chi connectivity index (χ4v) is 5.33. The lowest BCUT2D eigenvalue weighted by atomic mass is 10.1. The van der Waals surface area contributed by atoms with E-state index in [1.807, 2.05) is 0 Å². The van der Waals surface area contributed by atoms with E-state index < -0.39 is 49.9 Å². The number of benzene rings is 2. The number of nitrogens with zero attached hydrogens (tertiary/aromatic N) is 2. The maximum Gasteiger partial charge on any atom is 0.415 e. The Balaban J connectivity index is 1.37. The lowest BCUT2D eigenvalue weighted by Gasteiger charge is -2.38. The highest BCUT2D eigenvalue weighted by Gasteiger charge is 2.50. The summed E-state index contributed by atoms with van der Waals surface area (Å²) in [6.45, 7) is -0.597. The third kappa shape index (κ3) is 10.1. The number of ether oxygens (including phenoxy) is 3. The summed E-state index contributed by atoms with van der Waals surface area (Å²) in [5.74, 6) is 1.03. The van der Waals surface area contributed by atoms with Gasteiger partial charge in [0.1, 0.15) is 23.7 Å². The number of likely N-dealkylation sites (tertiary alicyclic amines) is 2. The van der Waals surface area contributed by atoms with Crippen molar-refractivity contribution >= 4 is 23.2 Å². The van der Waals surface area contributed by atoms with Crippen LogP contribution in [0.25, 0.3) is 0 Å². The fourth-order valence-electron chi connectivity index (χ4n) is 5.08. The van der Waals surface area contributed by atoms with Crippen molar-refractivity contribution in [2.45, 2.75) is 62.5 Å². The van der Waals surface area contributed by atoms with Crippen LogP contribution >= 0.6 is 23.2 Å². The molecule has 0 bridgehead atoms. The number of piperidine rings is 2. The number of halogens is 8. The molecule has 0 aromatic heterocycles. The smallest absolute Gasteiger partial charge is 0.415 e. The van der Waals surface area contributed by atoms with Gasteiger partial charge in [-0.2, -0.15) is 26.3 Å². The third-order valence-electron chi connectivity index (χ3n) is 7.06. The predicted octanol–water partition coefficient (Wildman–Crippen LogP) is 7.26. The van der Waals surface area contributed by atoms with Crippen molar-refractivity contribution in [1.29, 1.82) is 0 Å². The first-order valence-electron chi connectivity index (χ1n) is 13.4. The maximum absolute atomic E-state index is 14.0. The SMILES string of the molecule is FC(F)(F)[C@H](CN1CCC[C@H](Oc2ccc(Cl)cc2)C1)O[C@@H](CN1CCC[C@H](Oc2ccc(Cl)cc2)C1)C(F)(F)F. The van der Waals surface area contributed by atoms with Gasteiger partial charge >= 0.3 is 12.4 Å². The van der Waals surface area contributed by atoms with E-state index in [0.29, 0.717) is 60.3 Å². The van der Waals surface area contributed by atoms with E-state index in [9.17, 15) is 26.3 Å². The molecular formula is C28H32Cl2F6N2O3. The highest BCUT2D eigenvalue weighted by molar-refractivity contribution is 6.30. The van der Waals surface area contributed by atoms with E-state index in [4.69, 9.17) is 37.4 Å². The van der Waals surface area contributed by atoms with E-state index in [0.717, 1.165) is 0 Å². The van der Waals surface area contributed by atoms with E-state index in [1.54, 1.807) is 48.5 Å². The minimum absolute atomic E-state index is 0.130. The second-order valence-electron chi connectivity index (χ2n) is 10.4. The van der Waals surface area contributed by atoms with Crippen molar-refractivity contribution in [1.82, 2.24) is 9.80 Å². The van der Waals surface area contributed by atoms with Crippen LogP contribution in [0, 0.1) is 0 Å². The molecule has 0 amide bonds. The van der Waals surface area contributed by atoms with E-state index in [2.05, 4.69) is 0 Å². The molecule has 2 saturated heterocycles. The second kappa shape index (κ2) is 14.0. The standard InChI is InChI=1S/C28H32Cl2F6N2O3/c29-19-5-9-21(10-6-19)39-23-3-1-13-37(15-23)17-25(27(31,32)33)41-26(28(34,35)36)18-38-14-2-4-24(16-38)40-22-11-7-20(30)8-12-22/h5-12,23-26H,1-4,13-18H2/t23-,24-,25-,26-/m0/s1. The molecule has 0 N–H and O–H groups in total. The lowest BCUT2D eigenvalue weighted by Crippen LogP contribution is -2.54. The van der Waals surface area contributed by atoms with Crippen molar-refractivity contribution in [2.75, 3.05) is 39.3 Å². The van der Waals surface area contributed by atoms with Gasteiger partial charge in [-0.1, -0.05) is 23.2 Å². The first kappa shape index (κ1) is 32.0. The zero-order valence-electron chi connectivity index (χ0n) is 22.1. The molecule has 0 spiro atoms. The van der Waals surface area contributed by atoms with Crippen LogP contribution in [0.1, 0.15) is 25.7 Å². The molecular weight excluding hydrogens is 597 g/mol. The van der Waals surface area contributed by atoms with Gasteiger partial charge in [0.25, 0.3) is 0 Å². The van der Waals surface area contributed by atoms with Crippen molar-refractivity contribution in [3.8, 4) is 11.5 Å². The minimum Gasteiger partial charge on any atom is -0.489 e. The summed E-state index contributed by atoms with van der Waals surface area (Å²) in [7, 11) is 0. The van der Waals surface area contributed by atoms with Gasteiger partial charge in [-0.25, -0.2) is 0 Å². The van der Waals surface area contributed by atoms with Crippen molar-refractivity contribution in [3.63, 3.8) is 0 Å². The Morgan fingerprint density at radius 2 is 1.02 bits per heavy atom. The Morgan fingerprint density at radius 1 is 0.659 bits per heavy atom. The average Bonchev–Trinajstić information content (AvgIpc) is 2.90. The Kier molecular flexibility index (Phi) is 11.0. The molecule has 13 heteroatoms. The summed E-state index contributed by atoms with van der Waals surface area (Å²) in [6.07, 6.45) is -13.8. The zero-order valence-corrected chi connectivity index (χ0v) is 23.7.